The zero-order valence-corrected chi connectivity index (χ0v) is 20.0. The summed E-state index contributed by atoms with van der Waals surface area (Å²) < 4.78 is 5.69. The quantitative estimate of drug-likeness (QED) is 0.520. The van der Waals surface area contributed by atoms with Gasteiger partial charge < -0.3 is 15.0 Å². The molecule has 2 atom stereocenters. The molecule has 0 saturated heterocycles. The monoisotopic (exact) mass is 464 g/mol. The minimum absolute atomic E-state index is 0.00383. The van der Waals surface area contributed by atoms with Gasteiger partial charge in [-0.25, -0.2) is 0 Å². The van der Waals surface area contributed by atoms with Crippen LogP contribution >= 0.6 is 23.2 Å². The van der Waals surface area contributed by atoms with E-state index in [9.17, 15) is 9.59 Å². The van der Waals surface area contributed by atoms with Crippen LogP contribution in [0, 0.1) is 0 Å². The number of hydrogen-bond acceptors (Lipinski definition) is 3. The first kappa shape index (κ1) is 25.0. The molecule has 0 saturated carbocycles. The van der Waals surface area contributed by atoms with Gasteiger partial charge in [-0.15, -0.1) is 0 Å². The molecule has 0 aromatic heterocycles. The molecule has 0 bridgehead atoms. The molecule has 0 aliphatic heterocycles. The summed E-state index contributed by atoms with van der Waals surface area (Å²) in [4.78, 5) is 27.3. The molecular weight excluding hydrogens is 435 g/mol. The lowest BCUT2D eigenvalue weighted by Gasteiger charge is -2.30. The number of benzene rings is 2. The molecule has 2 amide bonds. The summed E-state index contributed by atoms with van der Waals surface area (Å²) in [6, 6.07) is 12.0. The van der Waals surface area contributed by atoms with Gasteiger partial charge >= 0.3 is 0 Å². The number of amides is 2. The maximum absolute atomic E-state index is 13.1. The molecule has 0 spiro atoms. The van der Waals surface area contributed by atoms with Crippen LogP contribution in [0.1, 0.15) is 45.2 Å². The first-order valence-corrected chi connectivity index (χ1v) is 11.3. The third kappa shape index (κ3) is 7.15. The number of hydrogen-bond donors (Lipinski definition) is 1. The summed E-state index contributed by atoms with van der Waals surface area (Å²) in [5.74, 6) is 0.0264. The Morgan fingerprint density at radius 1 is 1.03 bits per heavy atom. The van der Waals surface area contributed by atoms with Crippen LogP contribution < -0.4 is 10.1 Å². The predicted octanol–water partition coefficient (Wildman–Crippen LogP) is 5.27. The second-order valence-electron chi connectivity index (χ2n) is 7.50. The summed E-state index contributed by atoms with van der Waals surface area (Å²) >= 11 is 12.6. The standard InChI is InChI=1S/C24H30Cl2N2O3/c1-5-16(3)27-24(30)17(4)28(14-20-21(25)8-7-9-22(20)26)23(29)15-31-19-12-10-18(6-2)11-13-19/h7-13,16-17H,5-6,14-15H2,1-4H3,(H,27,30). The summed E-state index contributed by atoms with van der Waals surface area (Å²) in [6.45, 7) is 7.57. The van der Waals surface area contributed by atoms with Gasteiger partial charge in [0, 0.05) is 28.2 Å². The van der Waals surface area contributed by atoms with Crippen molar-refractivity contribution in [3.8, 4) is 5.75 Å². The maximum Gasteiger partial charge on any atom is 0.261 e. The molecule has 5 nitrogen and oxygen atoms in total. The van der Waals surface area contributed by atoms with Crippen molar-refractivity contribution >= 4 is 35.0 Å². The Hall–Kier alpha value is -2.24. The van der Waals surface area contributed by atoms with Crippen LogP contribution in [0.2, 0.25) is 10.0 Å². The van der Waals surface area contributed by atoms with Crippen molar-refractivity contribution < 1.29 is 14.3 Å². The Kier molecular flexibility index (Phi) is 9.66. The van der Waals surface area contributed by atoms with Gasteiger partial charge in [0.15, 0.2) is 6.61 Å². The topological polar surface area (TPSA) is 58.6 Å². The summed E-state index contributed by atoms with van der Waals surface area (Å²) in [7, 11) is 0. The van der Waals surface area contributed by atoms with Gasteiger partial charge in [-0.1, -0.05) is 55.2 Å². The molecule has 31 heavy (non-hydrogen) atoms. The SMILES string of the molecule is CCc1ccc(OCC(=O)N(Cc2c(Cl)cccc2Cl)C(C)C(=O)NC(C)CC)cc1. The van der Waals surface area contributed by atoms with E-state index in [0.717, 1.165) is 12.8 Å². The highest BCUT2D eigenvalue weighted by Crippen LogP contribution is 2.26. The molecule has 1 N–H and O–H groups in total. The van der Waals surface area contributed by atoms with E-state index in [1.165, 1.54) is 10.5 Å². The van der Waals surface area contributed by atoms with E-state index in [1.807, 2.05) is 38.1 Å². The Morgan fingerprint density at radius 2 is 1.65 bits per heavy atom. The summed E-state index contributed by atoms with van der Waals surface area (Å²) in [5.41, 5.74) is 1.78. The highest BCUT2D eigenvalue weighted by Gasteiger charge is 2.28. The average molecular weight is 465 g/mol. The fourth-order valence-corrected chi connectivity index (χ4v) is 3.47. The first-order valence-electron chi connectivity index (χ1n) is 10.5. The lowest BCUT2D eigenvalue weighted by Crippen LogP contribution is -2.50. The van der Waals surface area contributed by atoms with E-state index < -0.39 is 6.04 Å². The van der Waals surface area contributed by atoms with Crippen LogP contribution in [0.15, 0.2) is 42.5 Å². The lowest BCUT2D eigenvalue weighted by molar-refractivity contribution is -0.142. The number of carbonyl (C=O) groups is 2. The number of nitrogens with one attached hydrogen (secondary N) is 1. The zero-order valence-electron chi connectivity index (χ0n) is 18.5. The molecule has 2 aromatic rings. The van der Waals surface area contributed by atoms with Gasteiger partial charge in [0.1, 0.15) is 11.8 Å². The fourth-order valence-electron chi connectivity index (χ4n) is 2.95. The Balaban J connectivity index is 2.20. The normalized spacial score (nSPS) is 12.7. The van der Waals surface area contributed by atoms with Crippen molar-refractivity contribution in [2.75, 3.05) is 6.61 Å². The van der Waals surface area contributed by atoms with Crippen LogP contribution in [-0.4, -0.2) is 35.4 Å². The minimum Gasteiger partial charge on any atom is -0.484 e. The average Bonchev–Trinajstić information content (AvgIpc) is 2.77. The Labute approximate surface area is 194 Å². The van der Waals surface area contributed by atoms with Gasteiger partial charge in [-0.05, 0) is 56.5 Å². The van der Waals surface area contributed by atoms with Crippen molar-refractivity contribution in [2.24, 2.45) is 0 Å². The number of ether oxygens (including phenoxy) is 1. The number of aryl methyl sites for hydroxylation is 1. The number of halogens is 2. The maximum atomic E-state index is 13.1. The van der Waals surface area contributed by atoms with Gasteiger partial charge in [0.05, 0.1) is 0 Å². The van der Waals surface area contributed by atoms with Crippen LogP contribution in [0.25, 0.3) is 0 Å². The Morgan fingerprint density at radius 3 is 2.19 bits per heavy atom. The fraction of sp³-hybridized carbons (Fsp3) is 0.417. The van der Waals surface area contributed by atoms with E-state index in [-0.39, 0.29) is 31.0 Å². The molecule has 2 aromatic carbocycles. The number of nitrogens with zero attached hydrogens (tertiary/aromatic N) is 1. The number of rotatable bonds is 10. The van der Waals surface area contributed by atoms with Crippen LogP contribution in [-0.2, 0) is 22.6 Å². The largest absolute Gasteiger partial charge is 0.484 e. The van der Waals surface area contributed by atoms with Gasteiger partial charge in [-0.2, -0.15) is 0 Å². The molecule has 0 aliphatic carbocycles. The Bertz CT molecular complexity index is 867. The van der Waals surface area contributed by atoms with E-state index in [2.05, 4.69) is 12.2 Å². The molecular formula is C24H30Cl2N2O3. The van der Waals surface area contributed by atoms with Gasteiger partial charge in [0.2, 0.25) is 5.91 Å². The van der Waals surface area contributed by atoms with Crippen molar-refractivity contribution in [3.05, 3.63) is 63.6 Å². The molecule has 0 aliphatic rings. The lowest BCUT2D eigenvalue weighted by atomic mass is 10.1. The molecule has 7 heteroatoms. The smallest absolute Gasteiger partial charge is 0.261 e. The second-order valence-corrected chi connectivity index (χ2v) is 8.32. The van der Waals surface area contributed by atoms with Crippen LogP contribution in [0.4, 0.5) is 0 Å². The predicted molar refractivity (Wildman–Crippen MR) is 126 cm³/mol. The summed E-state index contributed by atoms with van der Waals surface area (Å²) in [5, 5.41) is 3.81. The molecule has 0 fully saturated rings. The van der Waals surface area contributed by atoms with E-state index in [1.54, 1.807) is 25.1 Å². The third-order valence-electron chi connectivity index (χ3n) is 5.25. The molecule has 2 rings (SSSR count). The summed E-state index contributed by atoms with van der Waals surface area (Å²) in [6.07, 6.45) is 1.72. The van der Waals surface area contributed by atoms with Crippen molar-refractivity contribution in [2.45, 2.75) is 59.2 Å². The van der Waals surface area contributed by atoms with Crippen molar-refractivity contribution in [1.82, 2.24) is 10.2 Å². The highest BCUT2D eigenvalue weighted by atomic mass is 35.5. The van der Waals surface area contributed by atoms with Gasteiger partial charge in [-0.3, -0.25) is 9.59 Å². The van der Waals surface area contributed by atoms with Gasteiger partial charge in [0.25, 0.3) is 5.91 Å². The minimum atomic E-state index is -0.722. The van der Waals surface area contributed by atoms with Crippen molar-refractivity contribution in [1.29, 1.82) is 0 Å². The van der Waals surface area contributed by atoms with Crippen LogP contribution in [0.5, 0.6) is 5.75 Å². The molecule has 0 heterocycles. The molecule has 168 valence electrons. The van der Waals surface area contributed by atoms with Crippen molar-refractivity contribution in [3.63, 3.8) is 0 Å². The van der Waals surface area contributed by atoms with E-state index >= 15 is 0 Å². The number of carbonyl (C=O) groups excluding carboxylic acids is 2. The molecule has 0 radical (unpaired) electrons. The molecule has 2 unspecified atom stereocenters. The van der Waals surface area contributed by atoms with Crippen LogP contribution in [0.3, 0.4) is 0 Å². The zero-order chi connectivity index (χ0) is 23.0. The van der Waals surface area contributed by atoms with E-state index in [0.29, 0.717) is 21.4 Å². The van der Waals surface area contributed by atoms with E-state index in [4.69, 9.17) is 27.9 Å². The second kappa shape index (κ2) is 12.0. The third-order valence-corrected chi connectivity index (χ3v) is 5.96. The highest BCUT2D eigenvalue weighted by molar-refractivity contribution is 6.36. The first-order chi connectivity index (χ1) is 14.8.